The lowest BCUT2D eigenvalue weighted by atomic mass is 10.1. The highest BCUT2D eigenvalue weighted by Gasteiger charge is 2.03. The Morgan fingerprint density at radius 1 is 1.31 bits per heavy atom. The first kappa shape index (κ1) is 13.4. The third-order valence-corrected chi connectivity index (χ3v) is 3.02. The van der Waals surface area contributed by atoms with Crippen LogP contribution in [0.3, 0.4) is 0 Å². The van der Waals surface area contributed by atoms with Crippen molar-refractivity contribution in [2.24, 2.45) is 0 Å². The Hall–Kier alpha value is -0.670. The molecule has 1 unspecified atom stereocenters. The predicted molar refractivity (Wildman–Crippen MR) is 72.4 cm³/mol. The SMILES string of the molecule is CCNC(C)c1ccc(OCCSC)cc1. The summed E-state index contributed by atoms with van der Waals surface area (Å²) in [6.07, 6.45) is 2.09. The molecule has 1 atom stereocenters. The van der Waals surface area contributed by atoms with Crippen molar-refractivity contribution in [2.45, 2.75) is 19.9 Å². The van der Waals surface area contributed by atoms with Crippen molar-refractivity contribution in [3.05, 3.63) is 29.8 Å². The Kier molecular flexibility index (Phi) is 6.34. The second-order valence-electron chi connectivity index (χ2n) is 3.69. The largest absolute Gasteiger partial charge is 0.493 e. The highest BCUT2D eigenvalue weighted by atomic mass is 32.2. The van der Waals surface area contributed by atoms with Gasteiger partial charge in [-0.3, -0.25) is 0 Å². The van der Waals surface area contributed by atoms with Crippen molar-refractivity contribution in [3.8, 4) is 5.75 Å². The second kappa shape index (κ2) is 7.58. The molecule has 16 heavy (non-hydrogen) atoms. The maximum Gasteiger partial charge on any atom is 0.119 e. The topological polar surface area (TPSA) is 21.3 Å². The van der Waals surface area contributed by atoms with Gasteiger partial charge >= 0.3 is 0 Å². The summed E-state index contributed by atoms with van der Waals surface area (Å²) in [7, 11) is 0. The molecule has 0 spiro atoms. The maximum atomic E-state index is 5.60. The first-order valence-corrected chi connectivity index (χ1v) is 7.12. The monoisotopic (exact) mass is 239 g/mol. The first-order valence-electron chi connectivity index (χ1n) is 5.73. The molecule has 0 aliphatic heterocycles. The second-order valence-corrected chi connectivity index (χ2v) is 4.68. The van der Waals surface area contributed by atoms with E-state index >= 15 is 0 Å². The van der Waals surface area contributed by atoms with Gasteiger partial charge < -0.3 is 10.1 Å². The Balaban J connectivity index is 2.47. The van der Waals surface area contributed by atoms with E-state index in [9.17, 15) is 0 Å². The summed E-state index contributed by atoms with van der Waals surface area (Å²) >= 11 is 1.80. The molecule has 1 rings (SSSR count). The molecule has 1 aromatic carbocycles. The van der Waals surface area contributed by atoms with Crippen LogP contribution >= 0.6 is 11.8 Å². The summed E-state index contributed by atoms with van der Waals surface area (Å²) in [5.74, 6) is 2.00. The molecule has 3 heteroatoms. The van der Waals surface area contributed by atoms with Crippen molar-refractivity contribution >= 4 is 11.8 Å². The zero-order valence-corrected chi connectivity index (χ0v) is 11.1. The van der Waals surface area contributed by atoms with Gasteiger partial charge in [0.05, 0.1) is 6.61 Å². The maximum absolute atomic E-state index is 5.60. The van der Waals surface area contributed by atoms with Crippen molar-refractivity contribution in [2.75, 3.05) is 25.2 Å². The quantitative estimate of drug-likeness (QED) is 0.739. The van der Waals surface area contributed by atoms with Gasteiger partial charge in [0.2, 0.25) is 0 Å². The van der Waals surface area contributed by atoms with E-state index in [4.69, 9.17) is 4.74 Å². The molecular weight excluding hydrogens is 218 g/mol. The van der Waals surface area contributed by atoms with Crippen molar-refractivity contribution in [1.29, 1.82) is 0 Å². The molecule has 0 saturated heterocycles. The van der Waals surface area contributed by atoms with E-state index < -0.39 is 0 Å². The van der Waals surface area contributed by atoms with Crippen LogP contribution in [0.2, 0.25) is 0 Å². The van der Waals surface area contributed by atoms with Crippen molar-refractivity contribution < 1.29 is 4.74 Å². The Labute approximate surface area is 103 Å². The molecule has 0 amide bonds. The Morgan fingerprint density at radius 3 is 2.56 bits per heavy atom. The lowest BCUT2D eigenvalue weighted by Crippen LogP contribution is -2.17. The number of thioether (sulfide) groups is 1. The van der Waals surface area contributed by atoms with Gasteiger partial charge in [-0.2, -0.15) is 11.8 Å². The van der Waals surface area contributed by atoms with Crippen LogP contribution in [0.25, 0.3) is 0 Å². The van der Waals surface area contributed by atoms with Crippen molar-refractivity contribution in [3.63, 3.8) is 0 Å². The summed E-state index contributed by atoms with van der Waals surface area (Å²) in [5.41, 5.74) is 1.30. The highest BCUT2D eigenvalue weighted by Crippen LogP contribution is 2.17. The summed E-state index contributed by atoms with van der Waals surface area (Å²) in [6, 6.07) is 8.75. The molecular formula is C13H21NOS. The van der Waals surface area contributed by atoms with Gasteiger partial charge in [-0.1, -0.05) is 19.1 Å². The average Bonchev–Trinajstić information content (AvgIpc) is 2.30. The third kappa shape index (κ3) is 4.45. The molecule has 0 aromatic heterocycles. The minimum Gasteiger partial charge on any atom is -0.493 e. The van der Waals surface area contributed by atoms with Crippen LogP contribution in [0.15, 0.2) is 24.3 Å². The van der Waals surface area contributed by atoms with E-state index in [-0.39, 0.29) is 0 Å². The van der Waals surface area contributed by atoms with Crippen molar-refractivity contribution in [1.82, 2.24) is 5.32 Å². The fourth-order valence-electron chi connectivity index (χ4n) is 1.52. The van der Waals surface area contributed by atoms with E-state index in [1.807, 2.05) is 12.1 Å². The Morgan fingerprint density at radius 2 is 2.00 bits per heavy atom. The minimum absolute atomic E-state index is 0.408. The summed E-state index contributed by atoms with van der Waals surface area (Å²) in [4.78, 5) is 0. The van der Waals surface area contributed by atoms with Gasteiger partial charge in [-0.05, 0) is 37.4 Å². The minimum atomic E-state index is 0.408. The van der Waals surface area contributed by atoms with Crippen LogP contribution in [-0.4, -0.2) is 25.2 Å². The average molecular weight is 239 g/mol. The summed E-state index contributed by atoms with van der Waals surface area (Å²) in [5, 5.41) is 3.39. The van der Waals surface area contributed by atoms with Crippen LogP contribution in [0.5, 0.6) is 5.75 Å². The van der Waals surface area contributed by atoms with Gasteiger partial charge in [0.1, 0.15) is 5.75 Å². The smallest absolute Gasteiger partial charge is 0.119 e. The van der Waals surface area contributed by atoms with Crippen LogP contribution in [0.4, 0.5) is 0 Å². The fraction of sp³-hybridized carbons (Fsp3) is 0.538. The number of nitrogens with one attached hydrogen (secondary N) is 1. The van der Waals surface area contributed by atoms with E-state index in [0.717, 1.165) is 24.7 Å². The molecule has 1 N–H and O–H groups in total. The number of rotatable bonds is 7. The number of hydrogen-bond donors (Lipinski definition) is 1. The van der Waals surface area contributed by atoms with Crippen LogP contribution in [0, 0.1) is 0 Å². The highest BCUT2D eigenvalue weighted by molar-refractivity contribution is 7.98. The van der Waals surface area contributed by atoms with Crippen LogP contribution < -0.4 is 10.1 Å². The van der Waals surface area contributed by atoms with E-state index in [1.165, 1.54) is 5.56 Å². The molecule has 0 bridgehead atoms. The third-order valence-electron chi connectivity index (χ3n) is 2.45. The fourth-order valence-corrected chi connectivity index (χ4v) is 1.77. The molecule has 90 valence electrons. The molecule has 2 nitrogen and oxygen atoms in total. The predicted octanol–water partition coefficient (Wildman–Crippen LogP) is 3.10. The molecule has 0 radical (unpaired) electrons. The van der Waals surface area contributed by atoms with Gasteiger partial charge in [0, 0.05) is 11.8 Å². The first-order chi connectivity index (χ1) is 7.77. The van der Waals surface area contributed by atoms with Crippen LogP contribution in [-0.2, 0) is 0 Å². The van der Waals surface area contributed by atoms with Crippen LogP contribution in [0.1, 0.15) is 25.5 Å². The van der Waals surface area contributed by atoms with Gasteiger partial charge in [-0.25, -0.2) is 0 Å². The van der Waals surface area contributed by atoms with E-state index in [2.05, 4.69) is 37.6 Å². The molecule has 0 saturated carbocycles. The lowest BCUT2D eigenvalue weighted by molar-refractivity contribution is 0.344. The number of ether oxygens (including phenoxy) is 1. The van der Waals surface area contributed by atoms with Gasteiger partial charge in [-0.15, -0.1) is 0 Å². The molecule has 1 aromatic rings. The number of benzene rings is 1. The zero-order valence-electron chi connectivity index (χ0n) is 10.3. The van der Waals surface area contributed by atoms with E-state index in [0.29, 0.717) is 6.04 Å². The molecule has 0 fully saturated rings. The molecule has 0 aliphatic carbocycles. The molecule has 0 heterocycles. The van der Waals surface area contributed by atoms with E-state index in [1.54, 1.807) is 11.8 Å². The van der Waals surface area contributed by atoms with Gasteiger partial charge in [0.15, 0.2) is 0 Å². The zero-order chi connectivity index (χ0) is 11.8. The Bertz CT molecular complexity index is 286. The summed E-state index contributed by atoms with van der Waals surface area (Å²) < 4.78 is 5.60. The number of hydrogen-bond acceptors (Lipinski definition) is 3. The van der Waals surface area contributed by atoms with Gasteiger partial charge in [0.25, 0.3) is 0 Å². The lowest BCUT2D eigenvalue weighted by Gasteiger charge is -2.13. The summed E-state index contributed by atoms with van der Waals surface area (Å²) in [6.45, 7) is 6.07. The standard InChI is InChI=1S/C13H21NOS/c1-4-14-11(2)12-5-7-13(8-6-12)15-9-10-16-3/h5-8,11,14H,4,9-10H2,1-3H3. The normalized spacial score (nSPS) is 12.4. The molecule has 0 aliphatic rings.